The second-order valence-corrected chi connectivity index (χ2v) is 3.89. The van der Waals surface area contributed by atoms with E-state index in [2.05, 4.69) is 43.4 Å². The Morgan fingerprint density at radius 3 is 2.06 bits per heavy atom. The Balaban J connectivity index is 3.33. The van der Waals surface area contributed by atoms with E-state index in [1.165, 1.54) is 0 Å². The highest BCUT2D eigenvalue weighted by Crippen LogP contribution is 1.99. The van der Waals surface area contributed by atoms with Crippen molar-refractivity contribution in [1.29, 1.82) is 0 Å². The fourth-order valence-electron chi connectivity index (χ4n) is 1.30. The summed E-state index contributed by atoms with van der Waals surface area (Å²) in [5, 5.41) is 0. The molecule has 0 saturated heterocycles. The lowest BCUT2D eigenvalue weighted by atomic mass is 10.2. The van der Waals surface area contributed by atoms with E-state index in [0.717, 1.165) is 32.1 Å². The third-order valence-electron chi connectivity index (χ3n) is 2.18. The van der Waals surface area contributed by atoms with Crippen LogP contribution in [0.2, 0.25) is 0 Å². The molecule has 0 aromatic rings. The van der Waals surface area contributed by atoms with Gasteiger partial charge in [0.1, 0.15) is 5.78 Å². The smallest absolute Gasteiger partial charge is 0.129 e. The zero-order valence-electron chi connectivity index (χ0n) is 10.6. The summed E-state index contributed by atoms with van der Waals surface area (Å²) >= 11 is 0. The Hall–Kier alpha value is -1.11. The van der Waals surface area contributed by atoms with Crippen LogP contribution in [0.25, 0.3) is 0 Å². The Labute approximate surface area is 99.9 Å². The maximum atomic E-state index is 10.7. The van der Waals surface area contributed by atoms with Crippen molar-refractivity contribution in [1.82, 2.24) is 0 Å². The minimum absolute atomic E-state index is 0.288. The zero-order chi connectivity index (χ0) is 12.1. The Kier molecular flexibility index (Phi) is 11.1. The molecule has 16 heavy (non-hydrogen) atoms. The summed E-state index contributed by atoms with van der Waals surface area (Å²) in [6.07, 6.45) is 18.9. The SMILES string of the molecule is CC/C=C\C/C=C\C/C=C\CCCC(C)=O. The summed E-state index contributed by atoms with van der Waals surface area (Å²) in [4.78, 5) is 10.7. The first-order valence-electron chi connectivity index (χ1n) is 6.21. The van der Waals surface area contributed by atoms with Crippen molar-refractivity contribution in [2.45, 2.75) is 52.4 Å². The van der Waals surface area contributed by atoms with Gasteiger partial charge >= 0.3 is 0 Å². The largest absolute Gasteiger partial charge is 0.300 e. The van der Waals surface area contributed by atoms with Crippen LogP contribution in [0, 0.1) is 0 Å². The number of ketones is 1. The molecule has 0 aliphatic rings. The molecule has 0 saturated carbocycles. The fraction of sp³-hybridized carbons (Fsp3) is 0.533. The van der Waals surface area contributed by atoms with Crippen molar-refractivity contribution in [3.8, 4) is 0 Å². The first kappa shape index (κ1) is 14.9. The van der Waals surface area contributed by atoms with Gasteiger partial charge in [-0.05, 0) is 39.0 Å². The maximum absolute atomic E-state index is 10.7. The van der Waals surface area contributed by atoms with E-state index in [-0.39, 0.29) is 5.78 Å². The molecule has 1 nitrogen and oxygen atoms in total. The first-order chi connectivity index (χ1) is 7.77. The van der Waals surface area contributed by atoms with Gasteiger partial charge in [0.15, 0.2) is 0 Å². The topological polar surface area (TPSA) is 17.1 Å². The van der Waals surface area contributed by atoms with Gasteiger partial charge in [-0.15, -0.1) is 0 Å². The van der Waals surface area contributed by atoms with Crippen LogP contribution in [0.5, 0.6) is 0 Å². The summed E-state index contributed by atoms with van der Waals surface area (Å²) in [6.45, 7) is 3.79. The molecule has 0 fully saturated rings. The number of rotatable bonds is 9. The van der Waals surface area contributed by atoms with E-state index in [0.29, 0.717) is 6.42 Å². The summed E-state index contributed by atoms with van der Waals surface area (Å²) < 4.78 is 0. The number of carbonyl (C=O) groups excluding carboxylic acids is 1. The third-order valence-corrected chi connectivity index (χ3v) is 2.18. The van der Waals surface area contributed by atoms with Gasteiger partial charge in [-0.25, -0.2) is 0 Å². The van der Waals surface area contributed by atoms with Crippen LogP contribution in [-0.4, -0.2) is 5.78 Å². The second kappa shape index (κ2) is 12.0. The van der Waals surface area contributed by atoms with Gasteiger partial charge in [0.05, 0.1) is 0 Å². The molecule has 0 rings (SSSR count). The summed E-state index contributed by atoms with van der Waals surface area (Å²) in [5.41, 5.74) is 0. The monoisotopic (exact) mass is 220 g/mol. The second-order valence-electron chi connectivity index (χ2n) is 3.89. The van der Waals surface area contributed by atoms with Crippen LogP contribution < -0.4 is 0 Å². The van der Waals surface area contributed by atoms with Crippen LogP contribution in [0.15, 0.2) is 36.5 Å². The molecule has 0 amide bonds. The van der Waals surface area contributed by atoms with Crippen LogP contribution >= 0.6 is 0 Å². The third kappa shape index (κ3) is 12.9. The van der Waals surface area contributed by atoms with Crippen molar-refractivity contribution >= 4 is 5.78 Å². The predicted molar refractivity (Wildman–Crippen MR) is 71.5 cm³/mol. The molecule has 0 aromatic heterocycles. The summed E-state index contributed by atoms with van der Waals surface area (Å²) in [6, 6.07) is 0. The van der Waals surface area contributed by atoms with E-state index in [4.69, 9.17) is 0 Å². The van der Waals surface area contributed by atoms with Gasteiger partial charge in [-0.1, -0.05) is 43.4 Å². The fourth-order valence-corrected chi connectivity index (χ4v) is 1.30. The van der Waals surface area contributed by atoms with Crippen molar-refractivity contribution in [3.05, 3.63) is 36.5 Å². The maximum Gasteiger partial charge on any atom is 0.129 e. The summed E-state index contributed by atoms with van der Waals surface area (Å²) in [5.74, 6) is 0.288. The van der Waals surface area contributed by atoms with Gasteiger partial charge in [0.2, 0.25) is 0 Å². The number of hydrogen-bond acceptors (Lipinski definition) is 1. The van der Waals surface area contributed by atoms with E-state index in [9.17, 15) is 4.79 Å². The Morgan fingerprint density at radius 2 is 1.50 bits per heavy atom. The van der Waals surface area contributed by atoms with Gasteiger partial charge in [-0.2, -0.15) is 0 Å². The number of allylic oxidation sites excluding steroid dienone is 6. The number of carbonyl (C=O) groups is 1. The Bertz CT molecular complexity index is 246. The average Bonchev–Trinajstić information content (AvgIpc) is 2.25. The molecule has 0 heterocycles. The van der Waals surface area contributed by atoms with Gasteiger partial charge in [0, 0.05) is 6.42 Å². The molecule has 0 unspecified atom stereocenters. The molecule has 0 atom stereocenters. The molecular formula is C15H24O. The molecule has 0 aliphatic heterocycles. The molecule has 0 spiro atoms. The standard InChI is InChI=1S/C15H24O/c1-3-4-5-6-7-8-9-10-11-12-13-14-15(2)16/h4-5,7-8,10-11H,3,6,9,12-14H2,1-2H3/b5-4-,8-7-,11-10-. The number of hydrogen-bond donors (Lipinski definition) is 0. The average molecular weight is 220 g/mol. The lowest BCUT2D eigenvalue weighted by Crippen LogP contribution is -1.87. The van der Waals surface area contributed by atoms with Crippen LogP contribution in [0.1, 0.15) is 52.4 Å². The molecular weight excluding hydrogens is 196 g/mol. The van der Waals surface area contributed by atoms with E-state index in [1.54, 1.807) is 6.92 Å². The van der Waals surface area contributed by atoms with E-state index in [1.807, 2.05) is 0 Å². The van der Waals surface area contributed by atoms with Crippen molar-refractivity contribution in [2.24, 2.45) is 0 Å². The van der Waals surface area contributed by atoms with E-state index < -0.39 is 0 Å². The van der Waals surface area contributed by atoms with Gasteiger partial charge in [0.25, 0.3) is 0 Å². The van der Waals surface area contributed by atoms with Gasteiger partial charge < -0.3 is 4.79 Å². The van der Waals surface area contributed by atoms with Crippen LogP contribution in [0.4, 0.5) is 0 Å². The molecule has 90 valence electrons. The minimum atomic E-state index is 0.288. The molecule has 0 bridgehead atoms. The number of Topliss-reactive ketones (excluding diaryl/α,β-unsaturated/α-hetero) is 1. The van der Waals surface area contributed by atoms with Crippen LogP contribution in [-0.2, 0) is 4.79 Å². The van der Waals surface area contributed by atoms with Crippen LogP contribution in [0.3, 0.4) is 0 Å². The lowest BCUT2D eigenvalue weighted by Gasteiger charge is -1.90. The molecule has 0 aromatic carbocycles. The van der Waals surface area contributed by atoms with Gasteiger partial charge in [-0.3, -0.25) is 0 Å². The molecule has 0 N–H and O–H groups in total. The molecule has 1 heteroatoms. The minimum Gasteiger partial charge on any atom is -0.300 e. The molecule has 0 radical (unpaired) electrons. The highest BCUT2D eigenvalue weighted by molar-refractivity contribution is 5.75. The lowest BCUT2D eigenvalue weighted by molar-refractivity contribution is -0.117. The van der Waals surface area contributed by atoms with Crippen molar-refractivity contribution < 1.29 is 4.79 Å². The predicted octanol–water partition coefficient (Wildman–Crippen LogP) is 4.60. The highest BCUT2D eigenvalue weighted by atomic mass is 16.1. The zero-order valence-corrected chi connectivity index (χ0v) is 10.6. The highest BCUT2D eigenvalue weighted by Gasteiger charge is 1.89. The summed E-state index contributed by atoms with van der Waals surface area (Å²) in [7, 11) is 0. The van der Waals surface area contributed by atoms with Crippen molar-refractivity contribution in [3.63, 3.8) is 0 Å². The molecule has 0 aliphatic carbocycles. The quantitative estimate of drug-likeness (QED) is 0.410. The normalized spacial score (nSPS) is 12.1. The van der Waals surface area contributed by atoms with E-state index >= 15 is 0 Å². The van der Waals surface area contributed by atoms with Crippen molar-refractivity contribution in [2.75, 3.05) is 0 Å². The number of unbranched alkanes of at least 4 members (excludes halogenated alkanes) is 1. The Morgan fingerprint density at radius 1 is 0.938 bits per heavy atom. The first-order valence-corrected chi connectivity index (χ1v) is 6.21.